The summed E-state index contributed by atoms with van der Waals surface area (Å²) in [5.41, 5.74) is 2.07. The fourth-order valence-electron chi connectivity index (χ4n) is 3.87. The third-order valence-electron chi connectivity index (χ3n) is 5.89. The molecule has 33 heavy (non-hydrogen) atoms. The maximum absolute atomic E-state index is 13.2. The Morgan fingerprint density at radius 1 is 1.18 bits per heavy atom. The maximum atomic E-state index is 13.2. The van der Waals surface area contributed by atoms with Crippen molar-refractivity contribution in [3.8, 4) is 5.75 Å². The highest BCUT2D eigenvalue weighted by molar-refractivity contribution is 7.89. The minimum Gasteiger partial charge on any atom is -0.482 e. The molecule has 2 amide bonds. The number of nitrogens with zero attached hydrogens (tertiary/aromatic N) is 2. The van der Waals surface area contributed by atoms with Gasteiger partial charge in [-0.25, -0.2) is 8.42 Å². The highest BCUT2D eigenvalue weighted by Gasteiger charge is 2.34. The number of anilines is 2. The van der Waals surface area contributed by atoms with Gasteiger partial charge in [0.25, 0.3) is 5.91 Å². The van der Waals surface area contributed by atoms with Crippen molar-refractivity contribution in [1.29, 1.82) is 0 Å². The van der Waals surface area contributed by atoms with Crippen LogP contribution in [0.1, 0.15) is 12.5 Å². The zero-order valence-electron chi connectivity index (χ0n) is 18.3. The standard InChI is InChI=1S/C22H25ClN4O5S/c1-14-5-3-4-6-17(14)25-22(29)15(2)26-7-9-27(10-8-26)33(30,31)20-12-19-18(11-16(20)23)24-21(28)13-32-19/h3-6,11-12,15H,7-10,13H2,1-2H3,(H,24,28)(H,25,29). The molecular weight excluding hydrogens is 468 g/mol. The number of halogens is 1. The van der Waals surface area contributed by atoms with Crippen molar-refractivity contribution in [1.82, 2.24) is 9.21 Å². The summed E-state index contributed by atoms with van der Waals surface area (Å²) in [6, 6.07) is 9.86. The largest absolute Gasteiger partial charge is 0.482 e. The first-order valence-corrected chi connectivity index (χ1v) is 12.4. The van der Waals surface area contributed by atoms with Gasteiger partial charge in [0, 0.05) is 37.9 Å². The van der Waals surface area contributed by atoms with Gasteiger partial charge in [0.05, 0.1) is 16.8 Å². The first kappa shape index (κ1) is 23.5. The Bertz CT molecular complexity index is 1200. The van der Waals surface area contributed by atoms with Gasteiger partial charge in [0.2, 0.25) is 15.9 Å². The zero-order chi connectivity index (χ0) is 23.8. The number of nitrogens with one attached hydrogen (secondary N) is 2. The molecule has 1 atom stereocenters. The smallest absolute Gasteiger partial charge is 0.262 e. The quantitative estimate of drug-likeness (QED) is 0.663. The number of ether oxygens (including phenoxy) is 1. The van der Waals surface area contributed by atoms with Crippen molar-refractivity contribution >= 4 is 44.8 Å². The topological polar surface area (TPSA) is 108 Å². The van der Waals surface area contributed by atoms with Crippen LogP contribution in [0.3, 0.4) is 0 Å². The Morgan fingerprint density at radius 2 is 1.88 bits per heavy atom. The van der Waals surface area contributed by atoms with Crippen LogP contribution < -0.4 is 15.4 Å². The zero-order valence-corrected chi connectivity index (χ0v) is 19.9. The molecule has 1 saturated heterocycles. The van der Waals surface area contributed by atoms with E-state index in [0.29, 0.717) is 18.8 Å². The molecule has 0 aliphatic carbocycles. The summed E-state index contributed by atoms with van der Waals surface area (Å²) in [5, 5.41) is 5.55. The van der Waals surface area contributed by atoms with Crippen molar-refractivity contribution in [3.63, 3.8) is 0 Å². The Hall–Kier alpha value is -2.66. The second-order valence-electron chi connectivity index (χ2n) is 8.04. The predicted molar refractivity (Wildman–Crippen MR) is 125 cm³/mol. The number of piperazine rings is 1. The molecule has 0 radical (unpaired) electrons. The maximum Gasteiger partial charge on any atom is 0.262 e. The number of hydrogen-bond acceptors (Lipinski definition) is 6. The number of rotatable bonds is 5. The average Bonchev–Trinajstić information content (AvgIpc) is 2.79. The van der Waals surface area contributed by atoms with Crippen LogP contribution in [0, 0.1) is 6.92 Å². The number of para-hydroxylation sites is 1. The number of fused-ring (bicyclic) bond motifs is 1. The van der Waals surface area contributed by atoms with Crippen LogP contribution in [-0.2, 0) is 19.6 Å². The molecule has 2 aromatic carbocycles. The predicted octanol–water partition coefficient (Wildman–Crippen LogP) is 2.31. The van der Waals surface area contributed by atoms with E-state index in [0.717, 1.165) is 11.3 Å². The van der Waals surface area contributed by atoms with Gasteiger partial charge in [-0.05, 0) is 31.5 Å². The molecule has 2 aromatic rings. The van der Waals surface area contributed by atoms with Crippen molar-refractivity contribution < 1.29 is 22.7 Å². The first-order chi connectivity index (χ1) is 15.7. The number of benzene rings is 2. The van der Waals surface area contributed by atoms with Crippen molar-refractivity contribution in [2.45, 2.75) is 24.8 Å². The van der Waals surface area contributed by atoms with Crippen LogP contribution in [0.25, 0.3) is 0 Å². The lowest BCUT2D eigenvalue weighted by atomic mass is 10.2. The van der Waals surface area contributed by atoms with E-state index in [1.54, 1.807) is 0 Å². The van der Waals surface area contributed by atoms with Crippen LogP contribution in [0.4, 0.5) is 11.4 Å². The molecule has 9 nitrogen and oxygen atoms in total. The molecule has 2 N–H and O–H groups in total. The van der Waals surface area contributed by atoms with E-state index in [-0.39, 0.29) is 47.2 Å². The average molecular weight is 493 g/mol. The summed E-state index contributed by atoms with van der Waals surface area (Å²) >= 11 is 6.25. The third-order valence-corrected chi connectivity index (χ3v) is 8.25. The van der Waals surface area contributed by atoms with E-state index in [4.69, 9.17) is 16.3 Å². The van der Waals surface area contributed by atoms with Crippen molar-refractivity contribution in [3.05, 3.63) is 47.0 Å². The minimum absolute atomic E-state index is 0.00737. The summed E-state index contributed by atoms with van der Waals surface area (Å²) in [5.74, 6) is -0.207. The number of amides is 2. The molecule has 11 heteroatoms. The molecule has 0 saturated carbocycles. The van der Waals surface area contributed by atoms with Gasteiger partial charge in [0.1, 0.15) is 10.6 Å². The molecule has 2 aliphatic rings. The fourth-order valence-corrected chi connectivity index (χ4v) is 5.81. The second kappa shape index (κ2) is 9.30. The van der Waals surface area contributed by atoms with Crippen LogP contribution in [0.2, 0.25) is 5.02 Å². The number of carbonyl (C=O) groups is 2. The lowest BCUT2D eigenvalue weighted by Gasteiger charge is -2.37. The summed E-state index contributed by atoms with van der Waals surface area (Å²) in [4.78, 5) is 26.1. The highest BCUT2D eigenvalue weighted by Crippen LogP contribution is 2.37. The monoisotopic (exact) mass is 492 g/mol. The Balaban J connectivity index is 1.42. The second-order valence-corrected chi connectivity index (χ2v) is 10.3. The number of hydrogen-bond donors (Lipinski definition) is 2. The number of aryl methyl sites for hydroxylation is 1. The van der Waals surface area contributed by atoms with Gasteiger partial charge in [-0.2, -0.15) is 4.31 Å². The van der Waals surface area contributed by atoms with Gasteiger partial charge in [-0.3, -0.25) is 14.5 Å². The minimum atomic E-state index is -3.88. The van der Waals surface area contributed by atoms with Crippen LogP contribution in [0.15, 0.2) is 41.3 Å². The Kier molecular flexibility index (Phi) is 6.62. The molecule has 1 unspecified atom stereocenters. The van der Waals surface area contributed by atoms with Gasteiger partial charge in [-0.15, -0.1) is 0 Å². The Morgan fingerprint density at radius 3 is 2.58 bits per heavy atom. The molecule has 2 aliphatic heterocycles. The molecule has 0 bridgehead atoms. The first-order valence-electron chi connectivity index (χ1n) is 10.5. The van der Waals surface area contributed by atoms with E-state index in [9.17, 15) is 18.0 Å². The fraction of sp³-hybridized carbons (Fsp3) is 0.364. The Labute approximate surface area is 197 Å². The lowest BCUT2D eigenvalue weighted by Crippen LogP contribution is -2.54. The van der Waals surface area contributed by atoms with E-state index in [2.05, 4.69) is 10.6 Å². The SMILES string of the molecule is Cc1ccccc1NC(=O)C(C)N1CCN(S(=O)(=O)c2cc3c(cc2Cl)NC(=O)CO3)CC1. The van der Waals surface area contributed by atoms with Gasteiger partial charge in [-0.1, -0.05) is 29.8 Å². The third kappa shape index (κ3) is 4.84. The molecular formula is C22H25ClN4O5S. The molecule has 2 heterocycles. The van der Waals surface area contributed by atoms with E-state index in [1.807, 2.05) is 43.0 Å². The number of carbonyl (C=O) groups excluding carboxylic acids is 2. The lowest BCUT2D eigenvalue weighted by molar-refractivity contribution is -0.121. The van der Waals surface area contributed by atoms with Crippen molar-refractivity contribution in [2.75, 3.05) is 43.4 Å². The van der Waals surface area contributed by atoms with Gasteiger partial charge in [0.15, 0.2) is 6.61 Å². The highest BCUT2D eigenvalue weighted by atomic mass is 35.5. The van der Waals surface area contributed by atoms with Crippen LogP contribution >= 0.6 is 11.6 Å². The molecule has 4 rings (SSSR count). The van der Waals surface area contributed by atoms with Gasteiger partial charge < -0.3 is 15.4 Å². The van der Waals surface area contributed by atoms with E-state index in [1.165, 1.54) is 16.4 Å². The normalized spacial score (nSPS) is 18.1. The molecule has 1 fully saturated rings. The summed E-state index contributed by atoms with van der Waals surface area (Å²) in [7, 11) is -3.88. The molecule has 0 aromatic heterocycles. The van der Waals surface area contributed by atoms with E-state index < -0.39 is 16.1 Å². The molecule has 176 valence electrons. The summed E-state index contributed by atoms with van der Waals surface area (Å²) < 4.78 is 33.2. The number of sulfonamides is 1. The van der Waals surface area contributed by atoms with Crippen molar-refractivity contribution in [2.24, 2.45) is 0 Å². The van der Waals surface area contributed by atoms with E-state index >= 15 is 0 Å². The summed E-state index contributed by atoms with van der Waals surface area (Å²) in [6.07, 6.45) is 0. The van der Waals surface area contributed by atoms with Crippen LogP contribution in [-0.4, -0.2) is 68.3 Å². The van der Waals surface area contributed by atoms with Crippen LogP contribution in [0.5, 0.6) is 5.75 Å². The summed E-state index contributed by atoms with van der Waals surface area (Å²) in [6.45, 7) is 4.78. The molecule has 0 spiro atoms. The van der Waals surface area contributed by atoms with Gasteiger partial charge >= 0.3 is 0 Å².